The van der Waals surface area contributed by atoms with Crippen LogP contribution in [-0.2, 0) is 16.7 Å². The lowest BCUT2D eigenvalue weighted by Crippen LogP contribution is -2.54. The van der Waals surface area contributed by atoms with E-state index in [-0.39, 0.29) is 29.4 Å². The van der Waals surface area contributed by atoms with E-state index in [9.17, 15) is 0 Å². The van der Waals surface area contributed by atoms with E-state index >= 15 is 0 Å². The smallest absolute Gasteiger partial charge is 0.193 e. The lowest BCUT2D eigenvalue weighted by molar-refractivity contribution is 0.0501. The number of rotatable bonds is 6. The summed E-state index contributed by atoms with van der Waals surface area (Å²) in [4.78, 5) is 9.35. The molecule has 0 unspecified atom stereocenters. The number of methoxy groups -OCH3 is 1. The minimum atomic E-state index is -0.0413. The summed E-state index contributed by atoms with van der Waals surface area (Å²) in [6, 6.07) is 8.40. The number of benzene rings is 1. The van der Waals surface area contributed by atoms with Gasteiger partial charge in [-0.05, 0) is 25.8 Å². The van der Waals surface area contributed by atoms with Crippen molar-refractivity contribution >= 4 is 29.9 Å². The van der Waals surface area contributed by atoms with Crippen LogP contribution in [0, 0.1) is 6.92 Å². The van der Waals surface area contributed by atoms with Crippen molar-refractivity contribution in [3.63, 3.8) is 0 Å². The van der Waals surface area contributed by atoms with Crippen molar-refractivity contribution in [3.8, 4) is 5.75 Å². The fraction of sp³-hybridized carbons (Fsp3) is 0.583. The molecule has 8 nitrogen and oxygen atoms in total. The summed E-state index contributed by atoms with van der Waals surface area (Å²) in [5.74, 6) is 1.92. The molecule has 0 radical (unpaired) electrons. The van der Waals surface area contributed by atoms with E-state index in [1.165, 1.54) is 11.1 Å². The van der Waals surface area contributed by atoms with Gasteiger partial charge in [0.2, 0.25) is 0 Å². The zero-order valence-electron chi connectivity index (χ0n) is 19.9. The fourth-order valence-corrected chi connectivity index (χ4v) is 4.79. The summed E-state index contributed by atoms with van der Waals surface area (Å²) in [5.41, 5.74) is 3.46. The number of nitrogens with zero attached hydrogens (tertiary/aromatic N) is 4. The third-order valence-corrected chi connectivity index (χ3v) is 6.72. The van der Waals surface area contributed by atoms with Crippen molar-refractivity contribution < 1.29 is 14.0 Å². The van der Waals surface area contributed by atoms with Gasteiger partial charge in [-0.2, -0.15) is 0 Å². The van der Waals surface area contributed by atoms with Gasteiger partial charge in [0.25, 0.3) is 0 Å². The van der Waals surface area contributed by atoms with Crippen LogP contribution in [0.15, 0.2) is 40.0 Å². The second-order valence-corrected chi connectivity index (χ2v) is 8.75. The molecule has 3 heterocycles. The molecule has 182 valence electrons. The highest BCUT2D eigenvalue weighted by molar-refractivity contribution is 14.0. The summed E-state index contributed by atoms with van der Waals surface area (Å²) < 4.78 is 16.4. The van der Waals surface area contributed by atoms with Gasteiger partial charge in [0.15, 0.2) is 5.96 Å². The number of guanidine groups is 1. The van der Waals surface area contributed by atoms with E-state index in [4.69, 9.17) is 14.0 Å². The Bertz CT molecular complexity index is 892. The molecule has 1 aromatic heterocycles. The standard InChI is InChI=1S/C24H35N5O3.HI/c1-19-4-5-22(30-3)21(16-19)24(7-14-31-15-8-24)18-26-23(25-2)29-11-9-28(10-12-29)17-20-6-13-32-27-20;/h4-6,13,16H,7-12,14-15,17-18H2,1-3H3,(H,25,26);1H. The van der Waals surface area contributed by atoms with Crippen molar-refractivity contribution in [2.75, 3.05) is 60.1 Å². The lowest BCUT2D eigenvalue weighted by Gasteiger charge is -2.41. The van der Waals surface area contributed by atoms with Gasteiger partial charge in [0.05, 0.1) is 12.8 Å². The van der Waals surface area contributed by atoms with E-state index in [2.05, 4.69) is 50.4 Å². The fourth-order valence-electron chi connectivity index (χ4n) is 4.79. The van der Waals surface area contributed by atoms with Crippen molar-refractivity contribution in [2.24, 2.45) is 4.99 Å². The minimum Gasteiger partial charge on any atom is -0.496 e. The predicted molar refractivity (Wildman–Crippen MR) is 140 cm³/mol. The van der Waals surface area contributed by atoms with Gasteiger partial charge in [0, 0.05) is 76.6 Å². The van der Waals surface area contributed by atoms with Crippen molar-refractivity contribution in [2.45, 2.75) is 31.7 Å². The first-order chi connectivity index (χ1) is 15.6. The highest BCUT2D eigenvalue weighted by atomic mass is 127. The van der Waals surface area contributed by atoms with Gasteiger partial charge in [-0.1, -0.05) is 22.9 Å². The number of aromatic nitrogens is 1. The highest BCUT2D eigenvalue weighted by Crippen LogP contribution is 2.40. The van der Waals surface area contributed by atoms with Crippen LogP contribution in [0.3, 0.4) is 0 Å². The van der Waals surface area contributed by atoms with Crippen molar-refractivity contribution in [1.29, 1.82) is 0 Å². The molecule has 0 saturated carbocycles. The van der Waals surface area contributed by atoms with Crippen LogP contribution in [-0.4, -0.2) is 81.0 Å². The average Bonchev–Trinajstić information content (AvgIpc) is 3.34. The lowest BCUT2D eigenvalue weighted by atomic mass is 9.73. The summed E-state index contributed by atoms with van der Waals surface area (Å²) in [6.45, 7) is 9.10. The van der Waals surface area contributed by atoms with Crippen LogP contribution in [0.5, 0.6) is 5.75 Å². The largest absolute Gasteiger partial charge is 0.496 e. The van der Waals surface area contributed by atoms with Crippen LogP contribution < -0.4 is 10.1 Å². The van der Waals surface area contributed by atoms with Gasteiger partial charge < -0.3 is 24.2 Å². The van der Waals surface area contributed by atoms with Gasteiger partial charge in [-0.25, -0.2) is 0 Å². The third kappa shape index (κ3) is 6.19. The quantitative estimate of drug-likeness (QED) is 0.326. The summed E-state index contributed by atoms with van der Waals surface area (Å²) in [6.07, 6.45) is 3.55. The Balaban J connectivity index is 0.00000306. The first-order valence-corrected chi connectivity index (χ1v) is 11.4. The van der Waals surface area contributed by atoms with Gasteiger partial charge in [-0.15, -0.1) is 24.0 Å². The molecule has 0 atom stereocenters. The van der Waals surface area contributed by atoms with Gasteiger partial charge in [-0.3, -0.25) is 9.89 Å². The summed E-state index contributed by atoms with van der Waals surface area (Å²) in [7, 11) is 3.63. The zero-order chi connectivity index (χ0) is 22.4. The molecule has 0 amide bonds. The van der Waals surface area contributed by atoms with Crippen molar-refractivity contribution in [1.82, 2.24) is 20.3 Å². The first kappa shape index (κ1) is 25.8. The van der Waals surface area contributed by atoms with Gasteiger partial charge >= 0.3 is 0 Å². The van der Waals surface area contributed by atoms with E-state index in [1.54, 1.807) is 13.4 Å². The topological polar surface area (TPSA) is 75.4 Å². The summed E-state index contributed by atoms with van der Waals surface area (Å²) >= 11 is 0. The molecule has 33 heavy (non-hydrogen) atoms. The Morgan fingerprint density at radius 3 is 2.58 bits per heavy atom. The van der Waals surface area contributed by atoms with Crippen LogP contribution >= 0.6 is 24.0 Å². The normalized spacial score (nSPS) is 19.1. The molecular formula is C24H36IN5O3. The molecule has 1 aromatic carbocycles. The number of aliphatic imine (C=N–C) groups is 1. The molecule has 0 aliphatic carbocycles. The third-order valence-electron chi connectivity index (χ3n) is 6.72. The number of aryl methyl sites for hydroxylation is 1. The molecule has 0 bridgehead atoms. The number of halogens is 1. The molecule has 4 rings (SSSR count). The first-order valence-electron chi connectivity index (χ1n) is 11.4. The van der Waals surface area contributed by atoms with Crippen molar-refractivity contribution in [3.05, 3.63) is 47.3 Å². The second-order valence-electron chi connectivity index (χ2n) is 8.75. The van der Waals surface area contributed by atoms with Crippen LogP contribution in [0.1, 0.15) is 29.7 Å². The maximum absolute atomic E-state index is 5.76. The molecule has 2 fully saturated rings. The molecule has 0 spiro atoms. The Morgan fingerprint density at radius 1 is 1.18 bits per heavy atom. The van der Waals surface area contributed by atoms with Crippen LogP contribution in [0.25, 0.3) is 0 Å². The van der Waals surface area contributed by atoms with Crippen LogP contribution in [0.4, 0.5) is 0 Å². The van der Waals surface area contributed by atoms with E-state index < -0.39 is 0 Å². The number of ether oxygens (including phenoxy) is 2. The Kier molecular flexibility index (Phi) is 9.39. The molecule has 2 aliphatic rings. The maximum Gasteiger partial charge on any atom is 0.193 e. The monoisotopic (exact) mass is 569 g/mol. The summed E-state index contributed by atoms with van der Waals surface area (Å²) in [5, 5.41) is 7.73. The van der Waals surface area contributed by atoms with Crippen LogP contribution in [0.2, 0.25) is 0 Å². The number of hydrogen-bond donors (Lipinski definition) is 1. The molecule has 1 N–H and O–H groups in total. The Hall–Kier alpha value is -1.85. The van der Waals surface area contributed by atoms with E-state index in [0.717, 1.165) is 82.7 Å². The maximum atomic E-state index is 5.76. The second kappa shape index (κ2) is 12.0. The molecule has 2 saturated heterocycles. The molecular weight excluding hydrogens is 533 g/mol. The molecule has 2 aromatic rings. The average molecular weight is 569 g/mol. The van der Waals surface area contributed by atoms with E-state index in [0.29, 0.717) is 0 Å². The molecule has 2 aliphatic heterocycles. The number of piperazine rings is 1. The van der Waals surface area contributed by atoms with E-state index in [1.807, 2.05) is 13.1 Å². The number of hydrogen-bond acceptors (Lipinski definition) is 6. The highest BCUT2D eigenvalue weighted by Gasteiger charge is 2.37. The minimum absolute atomic E-state index is 0. The predicted octanol–water partition coefficient (Wildman–Crippen LogP) is 3.05. The SMILES string of the molecule is CN=C(NCC1(c2cc(C)ccc2OC)CCOCC1)N1CCN(Cc2ccon2)CC1.I. The van der Waals surface area contributed by atoms with Gasteiger partial charge in [0.1, 0.15) is 12.0 Å². The molecule has 9 heteroatoms. The number of nitrogens with one attached hydrogen (secondary N) is 1. The Morgan fingerprint density at radius 2 is 1.94 bits per heavy atom. The zero-order valence-corrected chi connectivity index (χ0v) is 22.2. The Labute approximate surface area is 213 Å².